The van der Waals surface area contributed by atoms with Crippen LogP contribution >= 0.6 is 23.1 Å². The maximum absolute atomic E-state index is 13.6. The number of carbonyl (C=O) groups is 1. The fourth-order valence-corrected chi connectivity index (χ4v) is 6.39. The molecule has 1 saturated heterocycles. The molecule has 0 N–H and O–H groups in total. The van der Waals surface area contributed by atoms with E-state index < -0.39 is 0 Å². The number of aromatic nitrogens is 2. The first-order valence-electron chi connectivity index (χ1n) is 10.4. The number of rotatable bonds is 5. The Morgan fingerprint density at radius 2 is 2.00 bits per heavy atom. The molecule has 1 amide bonds. The summed E-state index contributed by atoms with van der Waals surface area (Å²) in [5.74, 6) is 1.65. The van der Waals surface area contributed by atoms with E-state index in [0.29, 0.717) is 0 Å². The average molecular weight is 450 g/mol. The topological polar surface area (TPSA) is 59.2 Å². The van der Waals surface area contributed by atoms with E-state index in [-0.39, 0.29) is 11.9 Å². The van der Waals surface area contributed by atoms with E-state index in [1.165, 1.54) is 4.70 Å². The normalized spacial score (nSPS) is 16.3. The summed E-state index contributed by atoms with van der Waals surface area (Å²) in [6, 6.07) is 16.1. The molecule has 0 bridgehead atoms. The second-order valence-corrected chi connectivity index (χ2v) is 9.84. The number of thioether (sulfide) groups is 1. The van der Waals surface area contributed by atoms with Gasteiger partial charge in [-0.25, -0.2) is 4.98 Å². The van der Waals surface area contributed by atoms with Gasteiger partial charge < -0.3 is 9.42 Å². The van der Waals surface area contributed by atoms with Gasteiger partial charge in [0.15, 0.2) is 0 Å². The summed E-state index contributed by atoms with van der Waals surface area (Å²) < 4.78 is 6.46. The minimum Gasteiger partial charge on any atom is -0.361 e. The van der Waals surface area contributed by atoms with Crippen molar-refractivity contribution in [1.29, 1.82) is 0 Å². The van der Waals surface area contributed by atoms with Crippen molar-refractivity contribution in [1.82, 2.24) is 15.0 Å². The average Bonchev–Trinajstić information content (AvgIpc) is 3.50. The second-order valence-electron chi connectivity index (χ2n) is 7.76. The van der Waals surface area contributed by atoms with E-state index in [1.807, 2.05) is 61.2 Å². The summed E-state index contributed by atoms with van der Waals surface area (Å²) in [6.07, 6.45) is 1.96. The number of likely N-dealkylation sites (tertiary alicyclic amines) is 1. The first kappa shape index (κ1) is 20.3. The lowest BCUT2D eigenvalue weighted by Gasteiger charge is -2.24. The van der Waals surface area contributed by atoms with Crippen molar-refractivity contribution >= 4 is 39.2 Å². The molecule has 5 rings (SSSR count). The Labute approximate surface area is 189 Å². The summed E-state index contributed by atoms with van der Waals surface area (Å²) >= 11 is 3.36. The van der Waals surface area contributed by atoms with Gasteiger partial charge in [0.25, 0.3) is 5.91 Å². The number of amides is 1. The van der Waals surface area contributed by atoms with Crippen molar-refractivity contribution in [3.8, 4) is 0 Å². The first-order valence-corrected chi connectivity index (χ1v) is 12.2. The van der Waals surface area contributed by atoms with E-state index in [0.717, 1.165) is 63.1 Å². The standard InChI is InChI=1S/C24H23N3O2S2/c1-15-18(16(2)29-26-15)14-30-21-11-5-3-8-17(21)24(28)27-13-7-10-20(27)23-25-19-9-4-6-12-22(19)31-23/h3-6,8-9,11-12,20H,7,10,13-14H2,1-2H3/t20-/m1/s1. The first-order chi connectivity index (χ1) is 15.1. The third-order valence-electron chi connectivity index (χ3n) is 5.78. The predicted molar refractivity (Wildman–Crippen MR) is 125 cm³/mol. The molecular formula is C24H23N3O2S2. The van der Waals surface area contributed by atoms with Gasteiger partial charge in [0.05, 0.1) is 27.5 Å². The van der Waals surface area contributed by atoms with Crippen LogP contribution in [0, 0.1) is 13.8 Å². The van der Waals surface area contributed by atoms with Gasteiger partial charge in [-0.3, -0.25) is 4.79 Å². The lowest BCUT2D eigenvalue weighted by Crippen LogP contribution is -2.30. The highest BCUT2D eigenvalue weighted by atomic mass is 32.2. The smallest absolute Gasteiger partial charge is 0.255 e. The SMILES string of the molecule is Cc1noc(C)c1CSc1ccccc1C(=O)N1CCC[C@@H]1c1nc2ccccc2s1. The molecule has 7 heteroatoms. The number of thiazole rings is 1. The number of hydrogen-bond acceptors (Lipinski definition) is 6. The van der Waals surface area contributed by atoms with Crippen molar-refractivity contribution in [2.45, 2.75) is 43.4 Å². The zero-order valence-electron chi connectivity index (χ0n) is 17.5. The van der Waals surface area contributed by atoms with E-state index >= 15 is 0 Å². The molecule has 3 heterocycles. The van der Waals surface area contributed by atoms with Crippen LogP contribution in [0.3, 0.4) is 0 Å². The number of benzene rings is 2. The summed E-state index contributed by atoms with van der Waals surface area (Å²) in [4.78, 5) is 21.5. The maximum Gasteiger partial charge on any atom is 0.255 e. The fourth-order valence-electron chi connectivity index (χ4n) is 4.08. The Morgan fingerprint density at radius 3 is 2.81 bits per heavy atom. The zero-order valence-corrected chi connectivity index (χ0v) is 19.1. The van der Waals surface area contributed by atoms with Gasteiger partial charge in [-0.1, -0.05) is 29.4 Å². The number of carbonyl (C=O) groups excluding carboxylic acids is 1. The van der Waals surface area contributed by atoms with Crippen molar-refractivity contribution in [3.63, 3.8) is 0 Å². The molecule has 0 saturated carbocycles. The van der Waals surface area contributed by atoms with Crippen molar-refractivity contribution in [2.24, 2.45) is 0 Å². The number of hydrogen-bond donors (Lipinski definition) is 0. The van der Waals surface area contributed by atoms with Gasteiger partial charge in [0.1, 0.15) is 10.8 Å². The Hall–Kier alpha value is -2.64. The molecule has 158 valence electrons. The van der Waals surface area contributed by atoms with Gasteiger partial charge in [-0.15, -0.1) is 23.1 Å². The Bertz CT molecular complexity index is 1190. The van der Waals surface area contributed by atoms with Gasteiger partial charge in [0, 0.05) is 22.8 Å². The molecule has 4 aromatic rings. The molecule has 2 aromatic heterocycles. The molecule has 0 aliphatic carbocycles. The van der Waals surface area contributed by atoms with Gasteiger partial charge >= 0.3 is 0 Å². The number of para-hydroxylation sites is 1. The van der Waals surface area contributed by atoms with Crippen LogP contribution in [0.2, 0.25) is 0 Å². The molecule has 31 heavy (non-hydrogen) atoms. The third-order valence-corrected chi connectivity index (χ3v) is 8.02. The van der Waals surface area contributed by atoms with Crippen molar-refractivity contribution in [2.75, 3.05) is 6.54 Å². The minimum absolute atomic E-state index is 0.0468. The quantitative estimate of drug-likeness (QED) is 0.341. The van der Waals surface area contributed by atoms with Crippen LogP contribution in [0.15, 0.2) is 57.9 Å². The Balaban J connectivity index is 1.40. The van der Waals surface area contributed by atoms with E-state index in [4.69, 9.17) is 9.51 Å². The minimum atomic E-state index is 0.0468. The van der Waals surface area contributed by atoms with Crippen LogP contribution in [0.4, 0.5) is 0 Å². The maximum atomic E-state index is 13.6. The highest BCUT2D eigenvalue weighted by molar-refractivity contribution is 7.98. The molecule has 1 fully saturated rings. The van der Waals surface area contributed by atoms with Crippen LogP contribution in [0.5, 0.6) is 0 Å². The summed E-state index contributed by atoms with van der Waals surface area (Å²) in [5, 5.41) is 5.08. The Morgan fingerprint density at radius 1 is 1.19 bits per heavy atom. The molecule has 1 atom stereocenters. The molecule has 0 radical (unpaired) electrons. The summed E-state index contributed by atoms with van der Waals surface area (Å²) in [5.41, 5.74) is 3.77. The van der Waals surface area contributed by atoms with Crippen LogP contribution in [-0.2, 0) is 5.75 Å². The van der Waals surface area contributed by atoms with E-state index in [9.17, 15) is 4.79 Å². The van der Waals surface area contributed by atoms with Crippen LogP contribution in [-0.4, -0.2) is 27.5 Å². The molecule has 0 spiro atoms. The molecule has 2 aromatic carbocycles. The van der Waals surface area contributed by atoms with Crippen LogP contribution < -0.4 is 0 Å². The van der Waals surface area contributed by atoms with Crippen molar-refractivity contribution in [3.05, 3.63) is 76.1 Å². The lowest BCUT2D eigenvalue weighted by molar-refractivity contribution is 0.0732. The fraction of sp³-hybridized carbons (Fsp3) is 0.292. The van der Waals surface area contributed by atoms with Crippen molar-refractivity contribution < 1.29 is 9.32 Å². The Kier molecular flexibility index (Phi) is 5.54. The third kappa shape index (κ3) is 3.88. The summed E-state index contributed by atoms with van der Waals surface area (Å²) in [6.45, 7) is 4.65. The highest BCUT2D eigenvalue weighted by Crippen LogP contribution is 2.38. The largest absolute Gasteiger partial charge is 0.361 e. The summed E-state index contributed by atoms with van der Waals surface area (Å²) in [7, 11) is 0. The van der Waals surface area contributed by atoms with Crippen LogP contribution in [0.25, 0.3) is 10.2 Å². The molecule has 0 unspecified atom stereocenters. The number of fused-ring (bicyclic) bond motifs is 1. The predicted octanol–water partition coefficient (Wildman–Crippen LogP) is 6.17. The lowest BCUT2D eigenvalue weighted by atomic mass is 10.1. The number of nitrogens with zero attached hydrogens (tertiary/aromatic N) is 3. The van der Waals surface area contributed by atoms with Crippen LogP contribution in [0.1, 0.15) is 51.3 Å². The van der Waals surface area contributed by atoms with E-state index in [1.54, 1.807) is 23.1 Å². The molecule has 5 nitrogen and oxygen atoms in total. The van der Waals surface area contributed by atoms with Gasteiger partial charge in [-0.05, 0) is 51.0 Å². The molecule has 1 aliphatic heterocycles. The number of aryl methyl sites for hydroxylation is 2. The monoisotopic (exact) mass is 449 g/mol. The molecular weight excluding hydrogens is 426 g/mol. The van der Waals surface area contributed by atoms with Gasteiger partial charge in [0.2, 0.25) is 0 Å². The molecule has 1 aliphatic rings. The second kappa shape index (κ2) is 8.48. The highest BCUT2D eigenvalue weighted by Gasteiger charge is 2.33. The van der Waals surface area contributed by atoms with Gasteiger partial charge in [-0.2, -0.15) is 0 Å². The van der Waals surface area contributed by atoms with E-state index in [2.05, 4.69) is 11.2 Å². The zero-order chi connectivity index (χ0) is 21.4.